The summed E-state index contributed by atoms with van der Waals surface area (Å²) in [4.78, 5) is 11.4. The Morgan fingerprint density at radius 3 is 2.32 bits per heavy atom. The van der Waals surface area contributed by atoms with Gasteiger partial charge in [-0.25, -0.2) is 4.79 Å². The van der Waals surface area contributed by atoms with Crippen molar-refractivity contribution in [2.75, 3.05) is 7.11 Å². The lowest BCUT2D eigenvalue weighted by Crippen LogP contribution is -2.29. The molecule has 4 nitrogen and oxygen atoms in total. The van der Waals surface area contributed by atoms with Crippen molar-refractivity contribution in [3.8, 4) is 11.5 Å². The Labute approximate surface area is 130 Å². The Kier molecular flexibility index (Phi) is 5.42. The van der Waals surface area contributed by atoms with Crippen molar-refractivity contribution >= 4 is 5.97 Å². The molecule has 1 N–H and O–H groups in total. The van der Waals surface area contributed by atoms with E-state index in [9.17, 15) is 9.90 Å². The maximum absolute atomic E-state index is 11.4. The highest BCUT2D eigenvalue weighted by Crippen LogP contribution is 2.21. The Bertz CT molecular complexity index is 619. The number of carboxylic acids is 1. The van der Waals surface area contributed by atoms with Gasteiger partial charge in [0.25, 0.3) is 0 Å². The molecular weight excluding hydrogens is 280 g/mol. The van der Waals surface area contributed by atoms with E-state index < -0.39 is 12.1 Å². The fourth-order valence-corrected chi connectivity index (χ4v) is 2.14. The van der Waals surface area contributed by atoms with Gasteiger partial charge in [0.15, 0.2) is 6.10 Å². The van der Waals surface area contributed by atoms with E-state index in [1.165, 1.54) is 5.56 Å². The van der Waals surface area contributed by atoms with E-state index >= 15 is 0 Å². The summed E-state index contributed by atoms with van der Waals surface area (Å²) < 4.78 is 10.7. The van der Waals surface area contributed by atoms with E-state index in [4.69, 9.17) is 9.47 Å². The third-order valence-corrected chi connectivity index (χ3v) is 3.45. The van der Waals surface area contributed by atoms with Crippen LogP contribution in [0.3, 0.4) is 0 Å². The van der Waals surface area contributed by atoms with Crippen LogP contribution >= 0.6 is 0 Å². The first kappa shape index (κ1) is 15.9. The normalized spacial score (nSPS) is 11.7. The van der Waals surface area contributed by atoms with Gasteiger partial charge in [-0.3, -0.25) is 0 Å². The smallest absolute Gasteiger partial charge is 0.345 e. The molecule has 0 heterocycles. The van der Waals surface area contributed by atoms with Crippen LogP contribution in [0, 0.1) is 0 Å². The van der Waals surface area contributed by atoms with Crippen LogP contribution in [0.1, 0.15) is 18.1 Å². The Hall–Kier alpha value is -2.49. The van der Waals surface area contributed by atoms with Crippen LogP contribution in [0.4, 0.5) is 0 Å². The van der Waals surface area contributed by atoms with Crippen LogP contribution < -0.4 is 9.47 Å². The quantitative estimate of drug-likeness (QED) is 0.852. The number of ether oxygens (including phenoxy) is 2. The lowest BCUT2D eigenvalue weighted by atomic mass is 10.0. The van der Waals surface area contributed by atoms with Gasteiger partial charge in [0.2, 0.25) is 0 Å². The molecular formula is C18H20O4. The van der Waals surface area contributed by atoms with E-state index in [2.05, 4.69) is 6.92 Å². The highest BCUT2D eigenvalue weighted by molar-refractivity contribution is 5.73. The Morgan fingerprint density at radius 2 is 1.73 bits per heavy atom. The van der Waals surface area contributed by atoms with Gasteiger partial charge in [0, 0.05) is 12.5 Å². The summed E-state index contributed by atoms with van der Waals surface area (Å²) >= 11 is 0. The minimum Gasteiger partial charge on any atom is -0.497 e. The van der Waals surface area contributed by atoms with Crippen LogP contribution in [0.5, 0.6) is 11.5 Å². The van der Waals surface area contributed by atoms with Crippen molar-refractivity contribution in [2.24, 2.45) is 0 Å². The maximum atomic E-state index is 11.4. The van der Waals surface area contributed by atoms with Crippen molar-refractivity contribution in [2.45, 2.75) is 25.9 Å². The molecule has 2 aromatic rings. The second-order valence-corrected chi connectivity index (χ2v) is 5.00. The topological polar surface area (TPSA) is 55.8 Å². The van der Waals surface area contributed by atoms with E-state index in [0.717, 1.165) is 12.0 Å². The highest BCUT2D eigenvalue weighted by atomic mass is 16.5. The number of benzene rings is 2. The van der Waals surface area contributed by atoms with Crippen LogP contribution in [0.2, 0.25) is 0 Å². The number of rotatable bonds is 7. The van der Waals surface area contributed by atoms with Gasteiger partial charge in [-0.15, -0.1) is 0 Å². The first-order chi connectivity index (χ1) is 10.6. The summed E-state index contributed by atoms with van der Waals surface area (Å²) in [6.45, 7) is 2.08. The molecule has 0 aliphatic heterocycles. The minimum absolute atomic E-state index is 0.316. The summed E-state index contributed by atoms with van der Waals surface area (Å²) in [6.07, 6.45) is 0.346. The van der Waals surface area contributed by atoms with E-state index in [-0.39, 0.29) is 0 Å². The van der Waals surface area contributed by atoms with E-state index in [1.54, 1.807) is 31.4 Å². The van der Waals surface area contributed by atoms with Crippen molar-refractivity contribution in [3.05, 3.63) is 59.7 Å². The zero-order chi connectivity index (χ0) is 15.9. The number of hydrogen-bond donors (Lipinski definition) is 1. The molecule has 0 bridgehead atoms. The van der Waals surface area contributed by atoms with E-state index in [1.807, 2.05) is 24.3 Å². The number of carboxylic acid groups (broad SMARTS) is 1. The molecule has 0 spiro atoms. The minimum atomic E-state index is -0.984. The molecule has 0 fully saturated rings. The number of methoxy groups -OCH3 is 1. The second-order valence-electron chi connectivity index (χ2n) is 5.00. The molecule has 0 radical (unpaired) electrons. The predicted octanol–water partition coefficient (Wildman–Crippen LogP) is 3.33. The number of carbonyl (C=O) groups is 1. The van der Waals surface area contributed by atoms with Gasteiger partial charge in [-0.05, 0) is 29.7 Å². The van der Waals surface area contributed by atoms with Crippen molar-refractivity contribution in [3.63, 3.8) is 0 Å². The molecule has 0 saturated carbocycles. The zero-order valence-electron chi connectivity index (χ0n) is 12.8. The molecule has 22 heavy (non-hydrogen) atoms. The Morgan fingerprint density at radius 1 is 1.09 bits per heavy atom. The fourth-order valence-electron chi connectivity index (χ4n) is 2.14. The summed E-state index contributed by atoms with van der Waals surface area (Å²) in [7, 11) is 1.56. The molecule has 0 aromatic heterocycles. The van der Waals surface area contributed by atoms with Gasteiger partial charge in [0.05, 0.1) is 7.11 Å². The summed E-state index contributed by atoms with van der Waals surface area (Å²) in [5.74, 6) is 0.133. The van der Waals surface area contributed by atoms with Crippen molar-refractivity contribution in [1.82, 2.24) is 0 Å². The Balaban J connectivity index is 2.10. The van der Waals surface area contributed by atoms with Crippen LogP contribution in [-0.2, 0) is 17.6 Å². The van der Waals surface area contributed by atoms with Gasteiger partial charge in [0.1, 0.15) is 11.5 Å². The standard InChI is InChI=1S/C18H20O4/c1-3-13-7-9-14(10-8-13)11-17(18(19)20)22-16-6-4-5-15(12-16)21-2/h4-10,12,17H,3,11H2,1-2H3,(H,19,20)/t17-/m1/s1. The molecule has 0 aliphatic carbocycles. The fraction of sp³-hybridized carbons (Fsp3) is 0.278. The monoisotopic (exact) mass is 300 g/mol. The van der Waals surface area contributed by atoms with Gasteiger partial charge >= 0.3 is 5.97 Å². The zero-order valence-corrected chi connectivity index (χ0v) is 12.8. The molecule has 0 aliphatic rings. The molecule has 4 heteroatoms. The van der Waals surface area contributed by atoms with Crippen LogP contribution in [-0.4, -0.2) is 24.3 Å². The van der Waals surface area contributed by atoms with Gasteiger partial charge in [-0.2, -0.15) is 0 Å². The molecule has 116 valence electrons. The highest BCUT2D eigenvalue weighted by Gasteiger charge is 2.20. The third-order valence-electron chi connectivity index (χ3n) is 3.45. The summed E-state index contributed by atoms with van der Waals surface area (Å²) in [5, 5.41) is 9.37. The third kappa shape index (κ3) is 4.25. The molecule has 2 rings (SSSR count). The van der Waals surface area contributed by atoms with Crippen LogP contribution in [0.15, 0.2) is 48.5 Å². The summed E-state index contributed by atoms with van der Waals surface area (Å²) in [6, 6.07) is 14.9. The molecule has 0 amide bonds. The number of aryl methyl sites for hydroxylation is 1. The lowest BCUT2D eigenvalue weighted by Gasteiger charge is -2.16. The van der Waals surface area contributed by atoms with Crippen LogP contribution in [0.25, 0.3) is 0 Å². The average molecular weight is 300 g/mol. The van der Waals surface area contributed by atoms with Gasteiger partial charge in [-0.1, -0.05) is 37.3 Å². The first-order valence-corrected chi connectivity index (χ1v) is 7.23. The average Bonchev–Trinajstić information content (AvgIpc) is 2.55. The maximum Gasteiger partial charge on any atom is 0.345 e. The number of hydrogen-bond acceptors (Lipinski definition) is 3. The molecule has 2 aromatic carbocycles. The summed E-state index contributed by atoms with van der Waals surface area (Å²) in [5.41, 5.74) is 2.16. The van der Waals surface area contributed by atoms with Crippen molar-refractivity contribution in [1.29, 1.82) is 0 Å². The lowest BCUT2D eigenvalue weighted by molar-refractivity contribution is -0.145. The molecule has 1 atom stereocenters. The number of aliphatic carboxylic acids is 1. The van der Waals surface area contributed by atoms with Gasteiger partial charge < -0.3 is 14.6 Å². The SMILES string of the molecule is CCc1ccc(C[C@@H](Oc2cccc(OC)c2)C(=O)O)cc1. The molecule has 0 unspecified atom stereocenters. The first-order valence-electron chi connectivity index (χ1n) is 7.23. The largest absolute Gasteiger partial charge is 0.497 e. The second kappa shape index (κ2) is 7.50. The van der Waals surface area contributed by atoms with Crippen molar-refractivity contribution < 1.29 is 19.4 Å². The predicted molar refractivity (Wildman–Crippen MR) is 84.6 cm³/mol. The van der Waals surface area contributed by atoms with E-state index in [0.29, 0.717) is 17.9 Å². The molecule has 0 saturated heterocycles.